The SMILES string of the molecule is COc1ccc(-c2n[nH]c(=S)n2/N=C\c2ccc(Cl)cc2)cc1OC. The number of rotatable bonds is 5. The predicted molar refractivity (Wildman–Crippen MR) is 100 cm³/mol. The van der Waals surface area contributed by atoms with Gasteiger partial charge in [0.15, 0.2) is 17.3 Å². The molecule has 0 aliphatic heterocycles. The zero-order valence-corrected chi connectivity index (χ0v) is 15.1. The average molecular weight is 375 g/mol. The van der Waals surface area contributed by atoms with Crippen LogP contribution in [0.1, 0.15) is 5.56 Å². The third-order valence-electron chi connectivity index (χ3n) is 3.48. The first-order chi connectivity index (χ1) is 12.1. The minimum absolute atomic E-state index is 0.384. The predicted octanol–water partition coefficient (Wildman–Crippen LogP) is 4.16. The van der Waals surface area contributed by atoms with Crippen molar-refractivity contribution < 1.29 is 9.47 Å². The molecule has 0 radical (unpaired) electrons. The van der Waals surface area contributed by atoms with Crippen LogP contribution >= 0.6 is 23.8 Å². The third kappa shape index (κ3) is 3.72. The molecule has 6 nitrogen and oxygen atoms in total. The molecule has 3 rings (SSSR count). The molecule has 3 aromatic rings. The Bertz CT molecular complexity index is 964. The zero-order chi connectivity index (χ0) is 17.8. The molecule has 2 aromatic carbocycles. The number of nitrogens with zero attached hydrogens (tertiary/aromatic N) is 3. The smallest absolute Gasteiger partial charge is 0.216 e. The fraction of sp³-hybridized carbons (Fsp3) is 0.118. The van der Waals surface area contributed by atoms with Gasteiger partial charge in [0, 0.05) is 10.6 Å². The average Bonchev–Trinajstić information content (AvgIpc) is 3.01. The normalized spacial score (nSPS) is 11.0. The molecule has 0 unspecified atom stereocenters. The highest BCUT2D eigenvalue weighted by atomic mass is 35.5. The molecular weight excluding hydrogens is 360 g/mol. The highest BCUT2D eigenvalue weighted by Crippen LogP contribution is 2.31. The van der Waals surface area contributed by atoms with Crippen LogP contribution in [0.25, 0.3) is 11.4 Å². The number of halogens is 1. The van der Waals surface area contributed by atoms with Crippen LogP contribution < -0.4 is 9.47 Å². The van der Waals surface area contributed by atoms with E-state index in [0.29, 0.717) is 27.1 Å². The lowest BCUT2D eigenvalue weighted by Crippen LogP contribution is -1.96. The standard InChI is InChI=1S/C17H15ClN4O2S/c1-23-14-8-5-12(9-15(14)24-2)16-20-21-17(25)22(16)19-10-11-3-6-13(18)7-4-11/h3-10H,1-2H3,(H,21,25)/b19-10-. The second-order valence-electron chi connectivity index (χ2n) is 5.03. The summed E-state index contributed by atoms with van der Waals surface area (Å²) in [6.45, 7) is 0. The highest BCUT2D eigenvalue weighted by Gasteiger charge is 2.12. The van der Waals surface area contributed by atoms with E-state index >= 15 is 0 Å². The summed E-state index contributed by atoms with van der Waals surface area (Å²) in [6, 6.07) is 12.8. The maximum Gasteiger partial charge on any atom is 0.216 e. The Balaban J connectivity index is 1.99. The van der Waals surface area contributed by atoms with E-state index in [-0.39, 0.29) is 0 Å². The van der Waals surface area contributed by atoms with Gasteiger partial charge < -0.3 is 9.47 Å². The maximum atomic E-state index is 5.89. The van der Waals surface area contributed by atoms with E-state index < -0.39 is 0 Å². The molecule has 0 spiro atoms. The molecule has 128 valence electrons. The number of H-pyrrole nitrogens is 1. The van der Waals surface area contributed by atoms with Gasteiger partial charge in [-0.3, -0.25) is 0 Å². The fourth-order valence-corrected chi connectivity index (χ4v) is 2.54. The van der Waals surface area contributed by atoms with Crippen molar-refractivity contribution in [3.8, 4) is 22.9 Å². The molecule has 0 saturated heterocycles. The van der Waals surface area contributed by atoms with E-state index in [2.05, 4.69) is 15.3 Å². The van der Waals surface area contributed by atoms with Gasteiger partial charge in [-0.05, 0) is 48.1 Å². The molecule has 0 aliphatic rings. The van der Waals surface area contributed by atoms with Crippen molar-refractivity contribution in [1.29, 1.82) is 0 Å². The van der Waals surface area contributed by atoms with Crippen molar-refractivity contribution in [2.75, 3.05) is 14.2 Å². The molecule has 0 aliphatic carbocycles. The topological polar surface area (TPSA) is 64.4 Å². The largest absolute Gasteiger partial charge is 0.493 e. The van der Waals surface area contributed by atoms with Crippen molar-refractivity contribution in [3.05, 3.63) is 57.8 Å². The van der Waals surface area contributed by atoms with E-state index in [1.165, 1.54) is 0 Å². The van der Waals surface area contributed by atoms with E-state index in [4.69, 9.17) is 33.3 Å². The molecule has 0 bridgehead atoms. The molecule has 0 atom stereocenters. The number of methoxy groups -OCH3 is 2. The van der Waals surface area contributed by atoms with Gasteiger partial charge in [0.2, 0.25) is 4.77 Å². The van der Waals surface area contributed by atoms with E-state index in [1.807, 2.05) is 24.3 Å². The number of hydrogen-bond donors (Lipinski definition) is 1. The molecule has 1 N–H and O–H groups in total. The van der Waals surface area contributed by atoms with Crippen molar-refractivity contribution in [2.24, 2.45) is 5.10 Å². The van der Waals surface area contributed by atoms with Crippen LogP contribution in [0.15, 0.2) is 47.6 Å². The molecule has 1 heterocycles. The van der Waals surface area contributed by atoms with Gasteiger partial charge in [-0.2, -0.15) is 14.9 Å². The molecule has 25 heavy (non-hydrogen) atoms. The molecule has 0 fully saturated rings. The van der Waals surface area contributed by atoms with Gasteiger partial charge in [0.1, 0.15) is 0 Å². The summed E-state index contributed by atoms with van der Waals surface area (Å²) in [4.78, 5) is 0. The van der Waals surface area contributed by atoms with Gasteiger partial charge in [0.25, 0.3) is 0 Å². The monoisotopic (exact) mass is 374 g/mol. The summed E-state index contributed by atoms with van der Waals surface area (Å²) in [5.41, 5.74) is 1.68. The summed E-state index contributed by atoms with van der Waals surface area (Å²) >= 11 is 11.2. The summed E-state index contributed by atoms with van der Waals surface area (Å²) in [6.07, 6.45) is 1.69. The number of aromatic nitrogens is 3. The van der Waals surface area contributed by atoms with Crippen LogP contribution in [0, 0.1) is 4.77 Å². The summed E-state index contributed by atoms with van der Waals surface area (Å²) in [5, 5.41) is 12.1. The van der Waals surface area contributed by atoms with E-state index in [1.54, 1.807) is 43.3 Å². The Labute approximate surface area is 154 Å². The van der Waals surface area contributed by atoms with Crippen LogP contribution in [0.3, 0.4) is 0 Å². The molecule has 0 saturated carbocycles. The number of ether oxygens (including phenoxy) is 2. The van der Waals surface area contributed by atoms with Crippen molar-refractivity contribution in [2.45, 2.75) is 0 Å². The summed E-state index contributed by atoms with van der Waals surface area (Å²) in [7, 11) is 3.17. The second kappa shape index (κ2) is 7.50. The lowest BCUT2D eigenvalue weighted by Gasteiger charge is -2.09. The van der Waals surface area contributed by atoms with Gasteiger partial charge in [-0.25, -0.2) is 5.10 Å². The van der Waals surface area contributed by atoms with Crippen molar-refractivity contribution >= 4 is 30.0 Å². The number of aromatic amines is 1. The Morgan fingerprint density at radius 1 is 1.12 bits per heavy atom. The molecule has 0 amide bonds. The van der Waals surface area contributed by atoms with E-state index in [9.17, 15) is 0 Å². The van der Waals surface area contributed by atoms with Crippen molar-refractivity contribution in [1.82, 2.24) is 14.9 Å². The first kappa shape index (κ1) is 17.2. The fourth-order valence-electron chi connectivity index (χ4n) is 2.23. The second-order valence-corrected chi connectivity index (χ2v) is 5.85. The molecule has 1 aromatic heterocycles. The Kier molecular flexibility index (Phi) is 5.16. The van der Waals surface area contributed by atoms with Crippen LogP contribution in [-0.4, -0.2) is 35.3 Å². The van der Waals surface area contributed by atoms with Gasteiger partial charge in [-0.1, -0.05) is 23.7 Å². The Morgan fingerprint density at radius 2 is 1.84 bits per heavy atom. The minimum atomic E-state index is 0.384. The quantitative estimate of drug-likeness (QED) is 0.538. The molecule has 8 heteroatoms. The number of nitrogens with one attached hydrogen (secondary N) is 1. The van der Waals surface area contributed by atoms with Gasteiger partial charge >= 0.3 is 0 Å². The maximum absolute atomic E-state index is 5.89. The minimum Gasteiger partial charge on any atom is -0.493 e. The van der Waals surface area contributed by atoms with Gasteiger partial charge in [0.05, 0.1) is 20.4 Å². The van der Waals surface area contributed by atoms with Gasteiger partial charge in [-0.15, -0.1) is 0 Å². The summed E-state index contributed by atoms with van der Waals surface area (Å²) in [5.74, 6) is 1.80. The number of benzene rings is 2. The van der Waals surface area contributed by atoms with Crippen molar-refractivity contribution in [3.63, 3.8) is 0 Å². The van der Waals surface area contributed by atoms with Crippen LogP contribution in [0.5, 0.6) is 11.5 Å². The molecular formula is C17H15ClN4O2S. The van der Waals surface area contributed by atoms with Crippen LogP contribution in [0.4, 0.5) is 0 Å². The van der Waals surface area contributed by atoms with Crippen LogP contribution in [0.2, 0.25) is 5.02 Å². The first-order valence-corrected chi connectivity index (χ1v) is 8.10. The lowest BCUT2D eigenvalue weighted by atomic mass is 10.2. The summed E-state index contributed by atoms with van der Waals surface area (Å²) < 4.78 is 12.5. The zero-order valence-electron chi connectivity index (χ0n) is 13.6. The van der Waals surface area contributed by atoms with E-state index in [0.717, 1.165) is 11.1 Å². The third-order valence-corrected chi connectivity index (χ3v) is 4.00. The Morgan fingerprint density at radius 3 is 2.52 bits per heavy atom. The lowest BCUT2D eigenvalue weighted by molar-refractivity contribution is 0.355. The number of hydrogen-bond acceptors (Lipinski definition) is 5. The van der Waals surface area contributed by atoms with Crippen LogP contribution in [-0.2, 0) is 0 Å². The highest BCUT2D eigenvalue weighted by molar-refractivity contribution is 7.71. The Hall–Kier alpha value is -2.64. The first-order valence-electron chi connectivity index (χ1n) is 7.32.